The second kappa shape index (κ2) is 7.65. The van der Waals surface area contributed by atoms with Crippen LogP contribution in [0.3, 0.4) is 0 Å². The highest BCUT2D eigenvalue weighted by Crippen LogP contribution is 2.21. The molecule has 0 atom stereocenters. The summed E-state index contributed by atoms with van der Waals surface area (Å²) in [5.41, 5.74) is 0.430. The van der Waals surface area contributed by atoms with E-state index in [4.69, 9.17) is 16.3 Å². The molecule has 24 heavy (non-hydrogen) atoms. The number of nitrogens with zero attached hydrogens (tertiary/aromatic N) is 1. The van der Waals surface area contributed by atoms with E-state index < -0.39 is 15.9 Å². The molecule has 1 N–H and O–H groups in total. The first-order valence-corrected chi connectivity index (χ1v) is 8.81. The fraction of sp³-hybridized carbons (Fsp3) is 0.188. The quantitative estimate of drug-likeness (QED) is 0.850. The highest BCUT2D eigenvalue weighted by molar-refractivity contribution is 7.89. The summed E-state index contributed by atoms with van der Waals surface area (Å²) < 4.78 is 30.9. The van der Waals surface area contributed by atoms with Crippen LogP contribution in [0.2, 0.25) is 5.02 Å². The number of hydrogen-bond donors (Lipinski definition) is 1. The smallest absolute Gasteiger partial charge is 0.243 e. The minimum absolute atomic E-state index is 0.0799. The van der Waals surface area contributed by atoms with Crippen LogP contribution in [-0.2, 0) is 14.8 Å². The molecule has 2 aromatic rings. The van der Waals surface area contributed by atoms with Crippen molar-refractivity contribution in [2.75, 3.05) is 26.0 Å². The van der Waals surface area contributed by atoms with Gasteiger partial charge in [0.25, 0.3) is 0 Å². The number of nitrogens with one attached hydrogen (secondary N) is 1. The number of rotatable bonds is 6. The first-order valence-electron chi connectivity index (χ1n) is 6.99. The number of carbonyl (C=O) groups excluding carboxylic acids is 1. The SMILES string of the molecule is COc1ccc(S(=O)(=O)N(C)CC(=O)Nc2ccccc2Cl)cc1. The topological polar surface area (TPSA) is 75.7 Å². The third kappa shape index (κ3) is 4.25. The van der Waals surface area contributed by atoms with Gasteiger partial charge < -0.3 is 10.1 Å². The molecule has 2 aromatic carbocycles. The van der Waals surface area contributed by atoms with Gasteiger partial charge in [-0.1, -0.05) is 23.7 Å². The molecular formula is C16H17ClN2O4S. The molecule has 8 heteroatoms. The summed E-state index contributed by atoms with van der Waals surface area (Å²) in [4.78, 5) is 12.1. The van der Waals surface area contributed by atoms with E-state index in [0.717, 1.165) is 4.31 Å². The van der Waals surface area contributed by atoms with Crippen molar-refractivity contribution in [1.82, 2.24) is 4.31 Å². The van der Waals surface area contributed by atoms with E-state index in [9.17, 15) is 13.2 Å². The second-order valence-electron chi connectivity index (χ2n) is 4.96. The molecule has 0 aliphatic rings. The van der Waals surface area contributed by atoms with Gasteiger partial charge in [0.05, 0.1) is 29.3 Å². The fourth-order valence-electron chi connectivity index (χ4n) is 1.97. The summed E-state index contributed by atoms with van der Waals surface area (Å²) in [5.74, 6) is 0.0655. The Morgan fingerprint density at radius 2 is 1.79 bits per heavy atom. The second-order valence-corrected chi connectivity index (χ2v) is 7.42. The highest BCUT2D eigenvalue weighted by atomic mass is 35.5. The number of anilines is 1. The zero-order valence-corrected chi connectivity index (χ0v) is 14.8. The molecule has 0 fully saturated rings. The number of carbonyl (C=O) groups is 1. The Labute approximate surface area is 146 Å². The normalized spacial score (nSPS) is 11.3. The van der Waals surface area contributed by atoms with Gasteiger partial charge in [-0.15, -0.1) is 0 Å². The predicted octanol–water partition coefficient (Wildman–Crippen LogP) is 2.61. The van der Waals surface area contributed by atoms with Crippen molar-refractivity contribution >= 4 is 33.2 Å². The van der Waals surface area contributed by atoms with E-state index in [1.165, 1.54) is 26.3 Å². The molecule has 128 valence electrons. The standard InChI is InChI=1S/C16H17ClN2O4S/c1-19(11-16(20)18-15-6-4-3-5-14(15)17)24(21,22)13-9-7-12(23-2)8-10-13/h3-10H,11H2,1-2H3,(H,18,20). The number of para-hydroxylation sites is 1. The van der Waals surface area contributed by atoms with E-state index in [-0.39, 0.29) is 11.4 Å². The summed E-state index contributed by atoms with van der Waals surface area (Å²) in [6.07, 6.45) is 0. The first kappa shape index (κ1) is 18.3. The maximum absolute atomic E-state index is 12.5. The van der Waals surface area contributed by atoms with Gasteiger partial charge in [0.2, 0.25) is 15.9 Å². The van der Waals surface area contributed by atoms with Gasteiger partial charge in [0.1, 0.15) is 5.75 Å². The number of likely N-dealkylation sites (N-methyl/N-ethyl adjacent to an activating group) is 1. The lowest BCUT2D eigenvalue weighted by Gasteiger charge is -2.17. The molecule has 0 radical (unpaired) electrons. The lowest BCUT2D eigenvalue weighted by Crippen LogP contribution is -2.35. The summed E-state index contributed by atoms with van der Waals surface area (Å²) in [6.45, 7) is -0.334. The van der Waals surface area contributed by atoms with Crippen LogP contribution >= 0.6 is 11.6 Å². The maximum atomic E-state index is 12.5. The van der Waals surface area contributed by atoms with Crippen molar-refractivity contribution in [2.24, 2.45) is 0 Å². The zero-order chi connectivity index (χ0) is 17.7. The van der Waals surface area contributed by atoms with Crippen molar-refractivity contribution in [2.45, 2.75) is 4.90 Å². The molecular weight excluding hydrogens is 352 g/mol. The average molecular weight is 369 g/mol. The van der Waals surface area contributed by atoms with Crippen molar-refractivity contribution in [3.63, 3.8) is 0 Å². The summed E-state index contributed by atoms with van der Waals surface area (Å²) in [7, 11) is -0.944. The van der Waals surface area contributed by atoms with Gasteiger partial charge in [-0.25, -0.2) is 8.42 Å². The minimum Gasteiger partial charge on any atom is -0.497 e. The molecule has 0 saturated heterocycles. The maximum Gasteiger partial charge on any atom is 0.243 e. The Balaban J connectivity index is 2.08. The monoisotopic (exact) mass is 368 g/mol. The van der Waals surface area contributed by atoms with Crippen LogP contribution in [0.25, 0.3) is 0 Å². The molecule has 2 rings (SSSR count). The van der Waals surface area contributed by atoms with Crippen LogP contribution < -0.4 is 10.1 Å². The molecule has 0 aromatic heterocycles. The fourth-order valence-corrected chi connectivity index (χ4v) is 3.28. The molecule has 0 heterocycles. The minimum atomic E-state index is -3.78. The van der Waals surface area contributed by atoms with Gasteiger partial charge in [0, 0.05) is 7.05 Å². The lowest BCUT2D eigenvalue weighted by atomic mass is 10.3. The van der Waals surface area contributed by atoms with Crippen molar-refractivity contribution in [3.05, 3.63) is 53.6 Å². The average Bonchev–Trinajstić information content (AvgIpc) is 2.57. The van der Waals surface area contributed by atoms with E-state index in [2.05, 4.69) is 5.32 Å². The van der Waals surface area contributed by atoms with Gasteiger partial charge >= 0.3 is 0 Å². The molecule has 0 spiro atoms. The molecule has 6 nitrogen and oxygen atoms in total. The Bertz CT molecular complexity index is 822. The van der Waals surface area contributed by atoms with E-state index in [1.54, 1.807) is 36.4 Å². The third-order valence-corrected chi connectivity index (χ3v) is 5.43. The van der Waals surface area contributed by atoms with Gasteiger partial charge in [-0.2, -0.15) is 4.31 Å². The zero-order valence-electron chi connectivity index (χ0n) is 13.2. The molecule has 0 saturated carbocycles. The number of methoxy groups -OCH3 is 1. The first-order chi connectivity index (χ1) is 11.3. The number of benzene rings is 2. The molecule has 0 unspecified atom stereocenters. The van der Waals surface area contributed by atoms with Gasteiger partial charge in [-0.3, -0.25) is 4.79 Å². The van der Waals surface area contributed by atoms with Crippen molar-refractivity contribution in [1.29, 1.82) is 0 Å². The third-order valence-electron chi connectivity index (χ3n) is 3.28. The molecule has 0 aliphatic heterocycles. The number of amides is 1. The Morgan fingerprint density at radius 3 is 2.38 bits per heavy atom. The van der Waals surface area contributed by atoms with E-state index in [0.29, 0.717) is 16.5 Å². The van der Waals surface area contributed by atoms with Crippen molar-refractivity contribution in [3.8, 4) is 5.75 Å². The Kier molecular flexibility index (Phi) is 5.82. The van der Waals surface area contributed by atoms with E-state index >= 15 is 0 Å². The van der Waals surface area contributed by atoms with Crippen LogP contribution in [0, 0.1) is 0 Å². The Morgan fingerprint density at radius 1 is 1.17 bits per heavy atom. The van der Waals surface area contributed by atoms with Crippen LogP contribution in [0.5, 0.6) is 5.75 Å². The molecule has 1 amide bonds. The number of sulfonamides is 1. The van der Waals surface area contributed by atoms with Crippen molar-refractivity contribution < 1.29 is 17.9 Å². The van der Waals surface area contributed by atoms with Crippen LogP contribution in [0.4, 0.5) is 5.69 Å². The van der Waals surface area contributed by atoms with Gasteiger partial charge in [-0.05, 0) is 36.4 Å². The molecule has 0 aliphatic carbocycles. The Hall–Kier alpha value is -2.09. The summed E-state index contributed by atoms with van der Waals surface area (Å²) >= 11 is 5.96. The summed E-state index contributed by atoms with van der Waals surface area (Å²) in [6, 6.07) is 12.7. The van der Waals surface area contributed by atoms with Crippen LogP contribution in [-0.4, -0.2) is 39.3 Å². The van der Waals surface area contributed by atoms with Crippen LogP contribution in [0.1, 0.15) is 0 Å². The lowest BCUT2D eigenvalue weighted by molar-refractivity contribution is -0.116. The highest BCUT2D eigenvalue weighted by Gasteiger charge is 2.23. The van der Waals surface area contributed by atoms with Crippen LogP contribution in [0.15, 0.2) is 53.4 Å². The number of ether oxygens (including phenoxy) is 1. The number of halogens is 1. The van der Waals surface area contributed by atoms with Gasteiger partial charge in [0.15, 0.2) is 0 Å². The predicted molar refractivity (Wildman–Crippen MR) is 92.9 cm³/mol. The number of hydrogen-bond acceptors (Lipinski definition) is 4. The summed E-state index contributed by atoms with van der Waals surface area (Å²) in [5, 5.41) is 2.97. The largest absolute Gasteiger partial charge is 0.497 e. The molecule has 0 bridgehead atoms. The van der Waals surface area contributed by atoms with E-state index in [1.807, 2.05) is 0 Å².